The van der Waals surface area contributed by atoms with E-state index in [4.69, 9.17) is 26.8 Å². The Kier molecular flexibility index (Phi) is 8.22. The molecule has 166 valence electrons. The van der Waals surface area contributed by atoms with Gasteiger partial charge in [0.1, 0.15) is 18.0 Å². The summed E-state index contributed by atoms with van der Waals surface area (Å²) in [6.07, 6.45) is 2.33. The van der Waals surface area contributed by atoms with Crippen LogP contribution >= 0.6 is 11.6 Å². The van der Waals surface area contributed by atoms with Gasteiger partial charge in [-0.25, -0.2) is 13.8 Å². The van der Waals surface area contributed by atoms with Gasteiger partial charge in [0.15, 0.2) is 6.61 Å². The maximum atomic E-state index is 12.3. The second kappa shape index (κ2) is 10.6. The number of carbonyl (C=O) groups excluding carboxylic acids is 2. The molecule has 0 radical (unpaired) electrons. The lowest BCUT2D eigenvalue weighted by molar-refractivity contribution is -0.120. The number of hydrogen-bond donors (Lipinski definition) is 2. The molecular weight excluding hydrogens is 448 g/mol. The molecule has 0 fully saturated rings. The molecule has 0 aromatic heterocycles. The lowest BCUT2D eigenvalue weighted by atomic mass is 10.2. The van der Waals surface area contributed by atoms with Crippen LogP contribution in [0.3, 0.4) is 0 Å². The molecule has 2 amide bonds. The van der Waals surface area contributed by atoms with Gasteiger partial charge in [0.2, 0.25) is 10.0 Å². The van der Waals surface area contributed by atoms with Crippen molar-refractivity contribution in [1.82, 2.24) is 5.43 Å². The van der Waals surface area contributed by atoms with E-state index >= 15 is 0 Å². The number of nitrogens with two attached hydrogens (primary N) is 1. The Morgan fingerprint density at radius 2 is 1.90 bits per heavy atom. The molecule has 0 aliphatic carbocycles. The highest BCUT2D eigenvalue weighted by Crippen LogP contribution is 2.32. The zero-order valence-electron chi connectivity index (χ0n) is 16.7. The minimum absolute atomic E-state index is 0.128. The van der Waals surface area contributed by atoms with E-state index in [9.17, 15) is 18.0 Å². The SMILES string of the molecule is COc1ccc(Cl)cc1N(CC(=O)N/N=C\c1ccc(OCC(N)=O)cc1)S(C)(=O)=O. The van der Waals surface area contributed by atoms with Crippen LogP contribution in [-0.2, 0) is 19.6 Å². The summed E-state index contributed by atoms with van der Waals surface area (Å²) < 4.78 is 35.7. The van der Waals surface area contributed by atoms with Gasteiger partial charge >= 0.3 is 0 Å². The first-order valence-electron chi connectivity index (χ1n) is 8.74. The van der Waals surface area contributed by atoms with E-state index in [1.165, 1.54) is 25.5 Å². The van der Waals surface area contributed by atoms with Crippen molar-refractivity contribution < 1.29 is 27.5 Å². The van der Waals surface area contributed by atoms with Crippen molar-refractivity contribution in [2.45, 2.75) is 0 Å². The van der Waals surface area contributed by atoms with Gasteiger partial charge in [-0.1, -0.05) is 11.6 Å². The summed E-state index contributed by atoms with van der Waals surface area (Å²) in [6.45, 7) is -0.773. The number of amides is 2. The lowest BCUT2D eigenvalue weighted by Crippen LogP contribution is -2.39. The molecule has 0 spiro atoms. The number of anilines is 1. The van der Waals surface area contributed by atoms with Gasteiger partial charge < -0.3 is 15.2 Å². The molecule has 0 saturated carbocycles. The van der Waals surface area contributed by atoms with Gasteiger partial charge in [-0.2, -0.15) is 5.10 Å². The van der Waals surface area contributed by atoms with Crippen molar-refractivity contribution in [2.75, 3.05) is 30.8 Å². The number of nitrogens with one attached hydrogen (secondary N) is 1. The molecule has 0 unspecified atom stereocenters. The van der Waals surface area contributed by atoms with E-state index < -0.39 is 28.4 Å². The molecule has 0 aliphatic heterocycles. The van der Waals surface area contributed by atoms with Crippen LogP contribution in [0.25, 0.3) is 0 Å². The average molecular weight is 469 g/mol. The number of methoxy groups -OCH3 is 1. The minimum Gasteiger partial charge on any atom is -0.495 e. The number of benzene rings is 2. The molecule has 0 heterocycles. The van der Waals surface area contributed by atoms with Gasteiger partial charge in [0, 0.05) is 5.02 Å². The van der Waals surface area contributed by atoms with Crippen molar-refractivity contribution in [3.63, 3.8) is 0 Å². The Hall–Kier alpha value is -3.31. The molecule has 2 aromatic rings. The van der Waals surface area contributed by atoms with Crippen molar-refractivity contribution >= 4 is 45.3 Å². The number of halogens is 1. The number of hydrogen-bond acceptors (Lipinski definition) is 7. The Morgan fingerprint density at radius 3 is 2.48 bits per heavy atom. The van der Waals surface area contributed by atoms with Crippen LogP contribution < -0.4 is 24.9 Å². The molecule has 10 nitrogen and oxygen atoms in total. The number of carbonyl (C=O) groups is 2. The summed E-state index contributed by atoms with van der Waals surface area (Å²) in [4.78, 5) is 23.0. The number of sulfonamides is 1. The van der Waals surface area contributed by atoms with E-state index in [-0.39, 0.29) is 23.1 Å². The molecular formula is C19H21ClN4O6S. The second-order valence-electron chi connectivity index (χ2n) is 6.20. The standard InChI is InChI=1S/C19H21ClN4O6S/c1-29-17-8-5-14(20)9-16(17)24(31(2,27)28)11-19(26)23-22-10-13-3-6-15(7-4-13)30-12-18(21)25/h3-10H,11-12H2,1-2H3,(H2,21,25)(H,23,26)/b22-10-. The largest absolute Gasteiger partial charge is 0.495 e. The summed E-state index contributed by atoms with van der Waals surface area (Å²) >= 11 is 5.97. The monoisotopic (exact) mass is 468 g/mol. The Morgan fingerprint density at radius 1 is 1.23 bits per heavy atom. The highest BCUT2D eigenvalue weighted by molar-refractivity contribution is 7.92. The third-order valence-electron chi connectivity index (χ3n) is 3.76. The minimum atomic E-state index is -3.82. The molecule has 0 atom stereocenters. The summed E-state index contributed by atoms with van der Waals surface area (Å²) in [7, 11) is -2.44. The summed E-state index contributed by atoms with van der Waals surface area (Å²) in [5.41, 5.74) is 8.03. The van der Waals surface area contributed by atoms with Crippen molar-refractivity contribution in [3.05, 3.63) is 53.1 Å². The fourth-order valence-corrected chi connectivity index (χ4v) is 3.41. The van der Waals surface area contributed by atoms with Gasteiger partial charge in [0.25, 0.3) is 11.8 Å². The molecule has 31 heavy (non-hydrogen) atoms. The van der Waals surface area contributed by atoms with Crippen LogP contribution in [0.2, 0.25) is 5.02 Å². The van der Waals surface area contributed by atoms with Gasteiger partial charge in [0.05, 0.1) is 25.3 Å². The van der Waals surface area contributed by atoms with Crippen LogP contribution in [0, 0.1) is 0 Å². The van der Waals surface area contributed by atoms with Crippen LogP contribution in [0.15, 0.2) is 47.6 Å². The first-order valence-corrected chi connectivity index (χ1v) is 11.0. The fraction of sp³-hybridized carbons (Fsp3) is 0.211. The number of primary amides is 1. The zero-order chi connectivity index (χ0) is 23.0. The number of rotatable bonds is 10. The molecule has 0 saturated heterocycles. The first kappa shape index (κ1) is 24.0. The molecule has 0 bridgehead atoms. The zero-order valence-corrected chi connectivity index (χ0v) is 18.3. The van der Waals surface area contributed by atoms with Crippen LogP contribution in [-0.4, -0.2) is 53.0 Å². The van der Waals surface area contributed by atoms with Crippen LogP contribution in [0.4, 0.5) is 5.69 Å². The van der Waals surface area contributed by atoms with Gasteiger partial charge in [-0.3, -0.25) is 13.9 Å². The number of hydrazone groups is 1. The highest BCUT2D eigenvalue weighted by Gasteiger charge is 2.24. The van der Waals surface area contributed by atoms with E-state index in [1.807, 2.05) is 0 Å². The molecule has 12 heteroatoms. The summed E-state index contributed by atoms with van der Waals surface area (Å²) in [6, 6.07) is 10.9. The number of ether oxygens (including phenoxy) is 2. The van der Waals surface area contributed by atoms with E-state index in [0.29, 0.717) is 11.3 Å². The van der Waals surface area contributed by atoms with E-state index in [0.717, 1.165) is 10.6 Å². The Labute approximate surface area is 184 Å². The van der Waals surface area contributed by atoms with E-state index in [2.05, 4.69) is 10.5 Å². The maximum absolute atomic E-state index is 12.3. The van der Waals surface area contributed by atoms with Crippen LogP contribution in [0.1, 0.15) is 5.56 Å². The predicted octanol–water partition coefficient (Wildman–Crippen LogP) is 1.13. The predicted molar refractivity (Wildman–Crippen MR) is 117 cm³/mol. The Balaban J connectivity index is 2.05. The summed E-state index contributed by atoms with van der Waals surface area (Å²) in [5, 5.41) is 4.10. The lowest BCUT2D eigenvalue weighted by Gasteiger charge is -2.23. The third-order valence-corrected chi connectivity index (χ3v) is 5.12. The first-order chi connectivity index (χ1) is 14.6. The molecule has 2 aromatic carbocycles. The number of nitrogens with zero attached hydrogens (tertiary/aromatic N) is 2. The van der Waals surface area contributed by atoms with Crippen molar-refractivity contribution in [2.24, 2.45) is 10.8 Å². The second-order valence-corrected chi connectivity index (χ2v) is 8.55. The summed E-state index contributed by atoms with van der Waals surface area (Å²) in [5.74, 6) is -0.582. The fourth-order valence-electron chi connectivity index (χ4n) is 2.39. The van der Waals surface area contributed by atoms with Gasteiger partial charge in [-0.15, -0.1) is 0 Å². The topological polar surface area (TPSA) is 140 Å². The van der Waals surface area contributed by atoms with E-state index in [1.54, 1.807) is 30.3 Å². The highest BCUT2D eigenvalue weighted by atomic mass is 35.5. The van der Waals surface area contributed by atoms with Crippen molar-refractivity contribution in [1.29, 1.82) is 0 Å². The Bertz CT molecular complexity index is 1070. The van der Waals surface area contributed by atoms with Crippen molar-refractivity contribution in [3.8, 4) is 11.5 Å². The third kappa shape index (κ3) is 7.46. The quantitative estimate of drug-likeness (QED) is 0.395. The van der Waals surface area contributed by atoms with Gasteiger partial charge in [-0.05, 0) is 48.0 Å². The molecule has 0 aliphatic rings. The smallest absolute Gasteiger partial charge is 0.260 e. The molecule has 2 rings (SSSR count). The molecule has 3 N–H and O–H groups in total. The normalized spacial score (nSPS) is 11.2. The maximum Gasteiger partial charge on any atom is 0.260 e. The van der Waals surface area contributed by atoms with Crippen LogP contribution in [0.5, 0.6) is 11.5 Å². The average Bonchev–Trinajstić information content (AvgIpc) is 2.70.